The zero-order valence-electron chi connectivity index (χ0n) is 12.3. The summed E-state index contributed by atoms with van der Waals surface area (Å²) < 4.78 is 15.6. The summed E-state index contributed by atoms with van der Waals surface area (Å²) in [6.45, 7) is 0. The van der Waals surface area contributed by atoms with Crippen molar-refractivity contribution in [2.75, 3.05) is 5.32 Å². The molecule has 1 N–H and O–H groups in total. The molecule has 1 aliphatic heterocycles. The van der Waals surface area contributed by atoms with Crippen LogP contribution in [0.1, 0.15) is 15.9 Å². The number of rotatable bonds is 2. The molecule has 1 unspecified atom stereocenters. The monoisotopic (exact) mass is 338 g/mol. The molecule has 4 nitrogen and oxygen atoms in total. The number of halogens is 1. The van der Waals surface area contributed by atoms with E-state index in [1.807, 2.05) is 0 Å². The number of hydrogen-bond acceptors (Lipinski definition) is 4. The number of hydrogen-bond donors (Lipinski definition) is 1. The first kappa shape index (κ1) is 14.7. The van der Waals surface area contributed by atoms with Crippen LogP contribution in [-0.2, 0) is 10.5 Å². The van der Waals surface area contributed by atoms with Gasteiger partial charge in [0.15, 0.2) is 0 Å². The first-order chi connectivity index (χ1) is 11.6. The van der Waals surface area contributed by atoms with Gasteiger partial charge in [0, 0.05) is 34.5 Å². The zero-order valence-corrected chi connectivity index (χ0v) is 13.1. The van der Waals surface area contributed by atoms with Crippen LogP contribution in [0.3, 0.4) is 0 Å². The molecule has 0 spiro atoms. The van der Waals surface area contributed by atoms with Crippen molar-refractivity contribution in [1.29, 1.82) is 0 Å². The van der Waals surface area contributed by atoms with Gasteiger partial charge in [-0.15, -0.1) is 11.3 Å². The Labute approximate surface area is 141 Å². The molecule has 0 fully saturated rings. The number of Topliss-reactive ketones (excluding diaryl/α,β-unsaturated/α-hetero) is 1. The Balaban J connectivity index is 1.90. The summed E-state index contributed by atoms with van der Waals surface area (Å²) in [5.41, 5.74) is -1.23. The largest absolute Gasteiger partial charge is 0.314 e. The highest BCUT2D eigenvalue weighted by molar-refractivity contribution is 7.15. The minimum absolute atomic E-state index is 0.0292. The van der Waals surface area contributed by atoms with Crippen LogP contribution in [0.5, 0.6) is 0 Å². The predicted molar refractivity (Wildman–Crippen MR) is 89.7 cm³/mol. The molecular weight excluding hydrogens is 327 g/mol. The lowest BCUT2D eigenvalue weighted by Crippen LogP contribution is -2.47. The quantitative estimate of drug-likeness (QED) is 0.723. The lowest BCUT2D eigenvalue weighted by molar-refractivity contribution is -0.125. The molecule has 1 aromatic carbocycles. The molecule has 6 heteroatoms. The van der Waals surface area contributed by atoms with E-state index in [1.165, 1.54) is 23.5 Å². The Morgan fingerprint density at radius 2 is 1.88 bits per heavy atom. The van der Waals surface area contributed by atoms with Crippen LogP contribution in [0.4, 0.5) is 9.39 Å². The summed E-state index contributed by atoms with van der Waals surface area (Å²) in [4.78, 5) is 29.3. The number of carbonyl (C=O) groups is 2. The molecule has 1 amide bonds. The summed E-state index contributed by atoms with van der Waals surface area (Å²) in [7, 11) is 0. The smallest absolute Gasteiger partial charge is 0.275 e. The van der Waals surface area contributed by atoms with Crippen molar-refractivity contribution in [3.63, 3.8) is 0 Å². The number of benzene rings is 1. The molecule has 1 aliphatic rings. The third-order valence-electron chi connectivity index (χ3n) is 4.02. The van der Waals surface area contributed by atoms with Gasteiger partial charge in [-0.1, -0.05) is 36.4 Å². The van der Waals surface area contributed by atoms with Crippen LogP contribution in [0, 0.1) is 0 Å². The van der Waals surface area contributed by atoms with E-state index in [0.29, 0.717) is 16.1 Å². The number of aromatic nitrogens is 1. The fourth-order valence-corrected chi connectivity index (χ4v) is 3.77. The van der Waals surface area contributed by atoms with Gasteiger partial charge in [0.1, 0.15) is 5.00 Å². The van der Waals surface area contributed by atoms with E-state index in [9.17, 15) is 9.59 Å². The summed E-state index contributed by atoms with van der Waals surface area (Å²) >= 11 is 1.20. The molecule has 3 aromatic rings. The molecule has 0 radical (unpaired) electrons. The van der Waals surface area contributed by atoms with Crippen molar-refractivity contribution in [2.24, 2.45) is 0 Å². The fourth-order valence-electron chi connectivity index (χ4n) is 2.80. The average molecular weight is 338 g/mol. The number of anilines is 1. The predicted octanol–water partition coefficient (Wildman–Crippen LogP) is 3.81. The van der Waals surface area contributed by atoms with Crippen LogP contribution < -0.4 is 5.32 Å². The van der Waals surface area contributed by atoms with E-state index in [-0.39, 0.29) is 11.1 Å². The Kier molecular flexibility index (Phi) is 3.28. The normalized spacial score (nSPS) is 19.7. The lowest BCUT2D eigenvalue weighted by atomic mass is 9.83. The number of nitrogens with zero attached hydrogens (tertiary/aromatic N) is 1. The van der Waals surface area contributed by atoms with E-state index >= 15 is 4.39 Å². The second-order valence-electron chi connectivity index (χ2n) is 5.40. The van der Waals surface area contributed by atoms with Gasteiger partial charge in [0.25, 0.3) is 11.6 Å². The third kappa shape index (κ3) is 2.00. The van der Waals surface area contributed by atoms with Crippen molar-refractivity contribution in [2.45, 2.75) is 5.67 Å². The highest BCUT2D eigenvalue weighted by Crippen LogP contribution is 2.45. The van der Waals surface area contributed by atoms with Crippen LogP contribution >= 0.6 is 11.3 Å². The third-order valence-corrected chi connectivity index (χ3v) is 4.91. The zero-order chi connectivity index (χ0) is 16.7. The van der Waals surface area contributed by atoms with Crippen molar-refractivity contribution in [3.8, 4) is 11.1 Å². The molecule has 0 bridgehead atoms. The van der Waals surface area contributed by atoms with E-state index in [4.69, 9.17) is 0 Å². The van der Waals surface area contributed by atoms with Crippen molar-refractivity contribution in [3.05, 3.63) is 71.4 Å². The van der Waals surface area contributed by atoms with Crippen LogP contribution in [-0.4, -0.2) is 16.7 Å². The highest BCUT2D eigenvalue weighted by Gasteiger charge is 2.53. The Morgan fingerprint density at radius 3 is 2.58 bits per heavy atom. The van der Waals surface area contributed by atoms with Crippen LogP contribution in [0.2, 0.25) is 0 Å². The number of alkyl halides is 1. The molecule has 24 heavy (non-hydrogen) atoms. The number of thiophene rings is 1. The van der Waals surface area contributed by atoms with Crippen LogP contribution in [0.25, 0.3) is 11.1 Å². The SMILES string of the molecule is O=C1Nc2scc(-c3cccnc3)c2C(=O)C1(F)c1ccccc1. The Bertz CT molecular complexity index is 940. The van der Waals surface area contributed by atoms with E-state index in [2.05, 4.69) is 10.3 Å². The van der Waals surface area contributed by atoms with Gasteiger partial charge in [0.05, 0.1) is 5.56 Å². The maximum absolute atomic E-state index is 15.6. The molecule has 0 saturated carbocycles. The Hall–Kier alpha value is -2.86. The van der Waals surface area contributed by atoms with Gasteiger partial charge in [0.2, 0.25) is 5.78 Å². The second-order valence-corrected chi connectivity index (χ2v) is 6.28. The first-order valence-corrected chi connectivity index (χ1v) is 8.13. The summed E-state index contributed by atoms with van der Waals surface area (Å²) in [5.74, 6) is -1.79. The number of carbonyl (C=O) groups excluding carboxylic acids is 2. The molecule has 3 heterocycles. The van der Waals surface area contributed by atoms with E-state index in [1.54, 1.807) is 48.1 Å². The van der Waals surface area contributed by atoms with Gasteiger partial charge >= 0.3 is 0 Å². The molecule has 1 atom stereocenters. The van der Waals surface area contributed by atoms with Gasteiger partial charge in [-0.3, -0.25) is 14.6 Å². The summed E-state index contributed by atoms with van der Waals surface area (Å²) in [5, 5.41) is 4.63. The van der Waals surface area contributed by atoms with Crippen LogP contribution in [0.15, 0.2) is 60.2 Å². The Morgan fingerprint density at radius 1 is 1.08 bits per heavy atom. The number of ketones is 1. The number of amides is 1. The van der Waals surface area contributed by atoms with Crippen molar-refractivity contribution in [1.82, 2.24) is 4.98 Å². The van der Waals surface area contributed by atoms with Gasteiger partial charge in [-0.2, -0.15) is 0 Å². The molecule has 4 rings (SSSR count). The molecule has 2 aromatic heterocycles. The van der Waals surface area contributed by atoms with E-state index in [0.717, 1.165) is 0 Å². The maximum atomic E-state index is 15.6. The summed E-state index contributed by atoms with van der Waals surface area (Å²) in [6, 6.07) is 11.3. The standard InChI is InChI=1S/C18H11FN2O2S/c19-18(12-6-2-1-3-7-12)15(22)14-13(11-5-4-8-20-9-11)10-24-16(14)21-17(18)23/h1-10H,(H,21,23). The fraction of sp³-hybridized carbons (Fsp3) is 0.0556. The average Bonchev–Trinajstić information content (AvgIpc) is 3.05. The van der Waals surface area contributed by atoms with Gasteiger partial charge in [-0.25, -0.2) is 4.39 Å². The maximum Gasteiger partial charge on any atom is 0.275 e. The molecule has 118 valence electrons. The molecule has 0 saturated heterocycles. The minimum Gasteiger partial charge on any atom is -0.314 e. The number of fused-ring (bicyclic) bond motifs is 1. The summed E-state index contributed by atoms with van der Waals surface area (Å²) in [6.07, 6.45) is 3.23. The first-order valence-electron chi connectivity index (χ1n) is 7.25. The second kappa shape index (κ2) is 5.35. The van der Waals surface area contributed by atoms with Gasteiger partial charge < -0.3 is 5.32 Å². The lowest BCUT2D eigenvalue weighted by Gasteiger charge is -2.28. The topological polar surface area (TPSA) is 59.1 Å². The molecular formula is C18H11FN2O2S. The van der Waals surface area contributed by atoms with Crippen molar-refractivity contribution >= 4 is 28.0 Å². The molecule has 0 aliphatic carbocycles. The number of nitrogens with one attached hydrogen (secondary N) is 1. The number of pyridine rings is 1. The van der Waals surface area contributed by atoms with Gasteiger partial charge in [-0.05, 0) is 6.07 Å². The van der Waals surface area contributed by atoms with E-state index < -0.39 is 17.4 Å². The van der Waals surface area contributed by atoms with Crippen molar-refractivity contribution < 1.29 is 14.0 Å². The highest BCUT2D eigenvalue weighted by atomic mass is 32.1. The minimum atomic E-state index is -2.73.